The van der Waals surface area contributed by atoms with E-state index in [9.17, 15) is 4.79 Å². The topological polar surface area (TPSA) is 51.0 Å². The number of fused-ring (bicyclic) bond motifs is 1. The summed E-state index contributed by atoms with van der Waals surface area (Å²) in [5, 5.41) is 8.40. The molecule has 0 saturated carbocycles. The highest BCUT2D eigenvalue weighted by Crippen LogP contribution is 2.16. The summed E-state index contributed by atoms with van der Waals surface area (Å²) in [5.41, 5.74) is 2.04. The fourth-order valence-corrected chi connectivity index (χ4v) is 2.94. The molecule has 5 nitrogen and oxygen atoms in total. The predicted octanol–water partition coefficient (Wildman–Crippen LogP) is 2.45. The number of hydrogen-bond donors (Lipinski definition) is 0. The smallest absolute Gasteiger partial charge is 0.254 e. The Kier molecular flexibility index (Phi) is 4.22. The second-order valence-electron chi connectivity index (χ2n) is 5.71. The average Bonchev–Trinajstić information content (AvgIpc) is 2.97. The Balaban J connectivity index is 1.73. The second kappa shape index (κ2) is 6.30. The zero-order valence-electron chi connectivity index (χ0n) is 13.2. The van der Waals surface area contributed by atoms with Crippen LogP contribution in [0.5, 0.6) is 0 Å². The van der Waals surface area contributed by atoms with E-state index >= 15 is 0 Å². The van der Waals surface area contributed by atoms with Gasteiger partial charge in [0.15, 0.2) is 5.82 Å². The van der Waals surface area contributed by atoms with Crippen molar-refractivity contribution in [2.24, 2.45) is 0 Å². The Hall–Kier alpha value is -2.17. The number of rotatable bonds is 4. The first-order valence-electron chi connectivity index (χ1n) is 8.02. The molecule has 1 aromatic carbocycles. The van der Waals surface area contributed by atoms with Crippen LogP contribution in [0.3, 0.4) is 0 Å². The molecule has 0 N–H and O–H groups in total. The maximum Gasteiger partial charge on any atom is 0.254 e. The maximum absolute atomic E-state index is 12.6. The molecule has 22 heavy (non-hydrogen) atoms. The molecule has 2 heterocycles. The van der Waals surface area contributed by atoms with E-state index in [-0.39, 0.29) is 5.91 Å². The number of carbonyl (C=O) groups excluding carboxylic acids is 1. The minimum Gasteiger partial charge on any atom is -0.329 e. The first-order valence-corrected chi connectivity index (χ1v) is 8.02. The molecule has 0 spiro atoms. The molecule has 0 radical (unpaired) electrons. The van der Waals surface area contributed by atoms with Crippen LogP contribution in [-0.2, 0) is 25.9 Å². The standard InChI is InChI=1S/C17H22N4O/c1-3-5-13-6-8-14(9-7-13)17(22)20-10-11-21-15(4-2)18-19-16(21)12-20/h6-9H,3-5,10-12H2,1-2H3. The third-order valence-corrected chi connectivity index (χ3v) is 4.17. The lowest BCUT2D eigenvalue weighted by Gasteiger charge is -2.28. The lowest BCUT2D eigenvalue weighted by molar-refractivity contribution is 0.0706. The van der Waals surface area contributed by atoms with Crippen molar-refractivity contribution in [3.05, 3.63) is 47.0 Å². The van der Waals surface area contributed by atoms with E-state index < -0.39 is 0 Å². The van der Waals surface area contributed by atoms with Crippen molar-refractivity contribution < 1.29 is 4.79 Å². The number of carbonyl (C=O) groups is 1. The van der Waals surface area contributed by atoms with Crippen LogP contribution in [0.1, 0.15) is 47.8 Å². The fraction of sp³-hybridized carbons (Fsp3) is 0.471. The van der Waals surface area contributed by atoms with Gasteiger partial charge in [-0.15, -0.1) is 10.2 Å². The van der Waals surface area contributed by atoms with E-state index in [1.807, 2.05) is 17.0 Å². The van der Waals surface area contributed by atoms with Crippen LogP contribution in [0.2, 0.25) is 0 Å². The lowest BCUT2D eigenvalue weighted by Crippen LogP contribution is -2.38. The Morgan fingerprint density at radius 1 is 1.14 bits per heavy atom. The van der Waals surface area contributed by atoms with Crippen LogP contribution in [0.15, 0.2) is 24.3 Å². The third kappa shape index (κ3) is 2.75. The molecule has 0 aliphatic carbocycles. The quantitative estimate of drug-likeness (QED) is 0.871. The molecule has 2 aromatic rings. The predicted molar refractivity (Wildman–Crippen MR) is 84.6 cm³/mol. The molecule has 0 saturated heterocycles. The van der Waals surface area contributed by atoms with Gasteiger partial charge in [-0.05, 0) is 24.1 Å². The van der Waals surface area contributed by atoms with Gasteiger partial charge in [0.05, 0.1) is 6.54 Å². The number of aromatic nitrogens is 3. The van der Waals surface area contributed by atoms with Crippen LogP contribution < -0.4 is 0 Å². The summed E-state index contributed by atoms with van der Waals surface area (Å²) in [6.45, 7) is 6.28. The highest BCUT2D eigenvalue weighted by atomic mass is 16.2. The molecular weight excluding hydrogens is 276 g/mol. The molecule has 1 aromatic heterocycles. The highest BCUT2D eigenvalue weighted by molar-refractivity contribution is 5.94. The van der Waals surface area contributed by atoms with E-state index in [4.69, 9.17) is 0 Å². The van der Waals surface area contributed by atoms with Gasteiger partial charge in [0.1, 0.15) is 5.82 Å². The van der Waals surface area contributed by atoms with Gasteiger partial charge in [0.2, 0.25) is 0 Å². The number of benzene rings is 1. The molecule has 1 aliphatic heterocycles. The maximum atomic E-state index is 12.6. The summed E-state index contributed by atoms with van der Waals surface area (Å²) >= 11 is 0. The van der Waals surface area contributed by atoms with Crippen LogP contribution in [0.4, 0.5) is 0 Å². The minimum absolute atomic E-state index is 0.0790. The summed E-state index contributed by atoms with van der Waals surface area (Å²) in [6, 6.07) is 7.98. The van der Waals surface area contributed by atoms with Gasteiger partial charge in [0.25, 0.3) is 5.91 Å². The summed E-state index contributed by atoms with van der Waals surface area (Å²) in [6.07, 6.45) is 3.05. The number of nitrogens with zero attached hydrogens (tertiary/aromatic N) is 4. The van der Waals surface area contributed by atoms with Crippen LogP contribution in [0.25, 0.3) is 0 Å². The third-order valence-electron chi connectivity index (χ3n) is 4.17. The first-order chi connectivity index (χ1) is 10.7. The Morgan fingerprint density at radius 3 is 2.59 bits per heavy atom. The van der Waals surface area contributed by atoms with Crippen molar-refractivity contribution in [3.63, 3.8) is 0 Å². The van der Waals surface area contributed by atoms with Crippen LogP contribution >= 0.6 is 0 Å². The SMILES string of the molecule is CCCc1ccc(C(=O)N2CCn3c(CC)nnc3C2)cc1. The van der Waals surface area contributed by atoms with E-state index in [1.165, 1.54) is 5.56 Å². The average molecular weight is 298 g/mol. The van der Waals surface area contributed by atoms with Gasteiger partial charge in [-0.3, -0.25) is 4.79 Å². The van der Waals surface area contributed by atoms with Gasteiger partial charge in [0, 0.05) is 25.1 Å². The molecule has 1 amide bonds. The Labute approximate surface area is 131 Å². The number of hydrogen-bond acceptors (Lipinski definition) is 3. The normalized spacial score (nSPS) is 14.0. The molecule has 0 unspecified atom stereocenters. The van der Waals surface area contributed by atoms with Crippen molar-refractivity contribution in [2.45, 2.75) is 46.2 Å². The van der Waals surface area contributed by atoms with Gasteiger partial charge in [-0.2, -0.15) is 0 Å². The minimum atomic E-state index is 0.0790. The zero-order valence-corrected chi connectivity index (χ0v) is 13.2. The molecule has 3 rings (SSSR count). The second-order valence-corrected chi connectivity index (χ2v) is 5.71. The van der Waals surface area contributed by atoms with E-state index in [0.717, 1.165) is 43.0 Å². The van der Waals surface area contributed by atoms with Crippen molar-refractivity contribution in [3.8, 4) is 0 Å². The first kappa shape index (κ1) is 14.8. The van der Waals surface area contributed by atoms with Crippen molar-refractivity contribution in [1.82, 2.24) is 19.7 Å². The Morgan fingerprint density at radius 2 is 1.91 bits per heavy atom. The summed E-state index contributed by atoms with van der Waals surface area (Å²) < 4.78 is 2.13. The summed E-state index contributed by atoms with van der Waals surface area (Å²) in [5.74, 6) is 1.97. The Bertz CT molecular complexity index is 660. The molecule has 1 aliphatic rings. The zero-order chi connectivity index (χ0) is 15.5. The lowest BCUT2D eigenvalue weighted by atomic mass is 10.1. The molecule has 0 atom stereocenters. The van der Waals surface area contributed by atoms with Gasteiger partial charge in [-0.25, -0.2) is 0 Å². The molecular formula is C17H22N4O. The van der Waals surface area contributed by atoms with Crippen molar-refractivity contribution in [2.75, 3.05) is 6.54 Å². The van der Waals surface area contributed by atoms with Gasteiger partial charge >= 0.3 is 0 Å². The monoisotopic (exact) mass is 298 g/mol. The molecule has 0 bridgehead atoms. The van der Waals surface area contributed by atoms with Gasteiger partial charge < -0.3 is 9.47 Å². The van der Waals surface area contributed by atoms with E-state index in [1.54, 1.807) is 0 Å². The largest absolute Gasteiger partial charge is 0.329 e. The highest BCUT2D eigenvalue weighted by Gasteiger charge is 2.24. The van der Waals surface area contributed by atoms with Crippen LogP contribution in [0, 0.1) is 0 Å². The van der Waals surface area contributed by atoms with E-state index in [2.05, 4.69) is 40.7 Å². The van der Waals surface area contributed by atoms with Crippen LogP contribution in [-0.4, -0.2) is 32.1 Å². The number of aryl methyl sites for hydroxylation is 2. The summed E-state index contributed by atoms with van der Waals surface area (Å²) in [7, 11) is 0. The van der Waals surface area contributed by atoms with Gasteiger partial charge in [-0.1, -0.05) is 32.4 Å². The summed E-state index contributed by atoms with van der Waals surface area (Å²) in [4.78, 5) is 14.5. The fourth-order valence-electron chi connectivity index (χ4n) is 2.94. The van der Waals surface area contributed by atoms with E-state index in [0.29, 0.717) is 13.1 Å². The molecule has 5 heteroatoms. The molecule has 116 valence electrons. The molecule has 0 fully saturated rings. The van der Waals surface area contributed by atoms with Crippen molar-refractivity contribution >= 4 is 5.91 Å². The number of amides is 1. The van der Waals surface area contributed by atoms with Crippen molar-refractivity contribution in [1.29, 1.82) is 0 Å².